The van der Waals surface area contributed by atoms with Crippen LogP contribution in [0.3, 0.4) is 0 Å². The lowest BCUT2D eigenvalue weighted by molar-refractivity contribution is 1.07. The smallest absolute Gasteiger partial charge is 0.164 e. The molecule has 0 aliphatic heterocycles. The molecular formula is C63H39N5. The molecule has 11 aromatic carbocycles. The third-order valence-electron chi connectivity index (χ3n) is 13.7. The Morgan fingerprint density at radius 1 is 0.206 bits per heavy atom. The molecule has 0 N–H and O–H groups in total. The number of nitrogens with zero attached hydrogens (tertiary/aromatic N) is 5. The fourth-order valence-electron chi connectivity index (χ4n) is 10.6. The van der Waals surface area contributed by atoms with Crippen molar-refractivity contribution in [1.82, 2.24) is 24.1 Å². The van der Waals surface area contributed by atoms with Crippen LogP contribution >= 0.6 is 0 Å². The van der Waals surface area contributed by atoms with Gasteiger partial charge >= 0.3 is 0 Å². The Labute approximate surface area is 391 Å². The minimum atomic E-state index is 0.635. The van der Waals surface area contributed by atoms with Crippen molar-refractivity contribution in [3.8, 4) is 56.7 Å². The van der Waals surface area contributed by atoms with E-state index in [9.17, 15) is 0 Å². The Morgan fingerprint density at radius 2 is 0.544 bits per heavy atom. The summed E-state index contributed by atoms with van der Waals surface area (Å²) in [5.74, 6) is 1.93. The van der Waals surface area contributed by atoms with Crippen LogP contribution in [0.2, 0.25) is 0 Å². The molecule has 316 valence electrons. The first-order valence-electron chi connectivity index (χ1n) is 23.1. The number of hydrogen-bond acceptors (Lipinski definition) is 3. The highest BCUT2D eigenvalue weighted by atomic mass is 15.0. The van der Waals surface area contributed by atoms with Crippen LogP contribution in [0.5, 0.6) is 0 Å². The van der Waals surface area contributed by atoms with Crippen molar-refractivity contribution in [3.63, 3.8) is 0 Å². The molecule has 0 aliphatic carbocycles. The molecule has 0 saturated carbocycles. The van der Waals surface area contributed by atoms with E-state index in [1.807, 2.05) is 60.7 Å². The predicted octanol–water partition coefficient (Wildman–Crippen LogP) is 16.2. The highest BCUT2D eigenvalue weighted by molar-refractivity contribution is 6.25. The van der Waals surface area contributed by atoms with E-state index >= 15 is 0 Å². The van der Waals surface area contributed by atoms with Crippen LogP contribution in [0.1, 0.15) is 0 Å². The molecule has 0 bridgehead atoms. The van der Waals surface area contributed by atoms with E-state index in [1.54, 1.807) is 0 Å². The van der Waals surface area contributed by atoms with Gasteiger partial charge in [-0.1, -0.05) is 164 Å². The number of hydrogen-bond donors (Lipinski definition) is 0. The summed E-state index contributed by atoms with van der Waals surface area (Å²) in [5, 5.41) is 12.5. The monoisotopic (exact) mass is 865 g/mol. The molecule has 0 atom stereocenters. The van der Waals surface area contributed by atoms with Gasteiger partial charge in [-0.3, -0.25) is 0 Å². The molecule has 0 spiro atoms. The third kappa shape index (κ3) is 5.99. The van der Waals surface area contributed by atoms with Gasteiger partial charge in [-0.15, -0.1) is 0 Å². The van der Waals surface area contributed by atoms with Gasteiger partial charge in [-0.05, 0) is 116 Å². The Morgan fingerprint density at radius 3 is 1.03 bits per heavy atom. The molecule has 0 fully saturated rings. The summed E-state index contributed by atoms with van der Waals surface area (Å²) >= 11 is 0. The summed E-state index contributed by atoms with van der Waals surface area (Å²) in [5.41, 5.74) is 12.1. The first-order valence-corrected chi connectivity index (χ1v) is 23.1. The zero-order chi connectivity index (χ0) is 44.7. The summed E-state index contributed by atoms with van der Waals surface area (Å²) in [7, 11) is 0. The van der Waals surface area contributed by atoms with Gasteiger partial charge in [-0.2, -0.15) is 0 Å². The number of aromatic nitrogens is 5. The summed E-state index contributed by atoms with van der Waals surface area (Å²) in [6.07, 6.45) is 0. The van der Waals surface area contributed by atoms with E-state index in [2.05, 4.69) is 185 Å². The van der Waals surface area contributed by atoms with Crippen LogP contribution in [0.25, 0.3) is 133 Å². The van der Waals surface area contributed by atoms with Gasteiger partial charge in [0.05, 0.1) is 22.1 Å². The van der Waals surface area contributed by atoms with E-state index in [-0.39, 0.29) is 0 Å². The lowest BCUT2D eigenvalue weighted by Gasteiger charge is -2.14. The zero-order valence-corrected chi connectivity index (χ0v) is 36.8. The van der Waals surface area contributed by atoms with Crippen LogP contribution < -0.4 is 0 Å². The van der Waals surface area contributed by atoms with Gasteiger partial charge in [0.25, 0.3) is 0 Å². The Balaban J connectivity index is 0.866. The van der Waals surface area contributed by atoms with Crippen LogP contribution in [0.15, 0.2) is 237 Å². The van der Waals surface area contributed by atoms with Crippen LogP contribution in [-0.4, -0.2) is 24.1 Å². The van der Waals surface area contributed by atoms with Crippen LogP contribution in [0.4, 0.5) is 0 Å². The molecule has 68 heavy (non-hydrogen) atoms. The van der Waals surface area contributed by atoms with E-state index in [4.69, 9.17) is 15.0 Å². The maximum atomic E-state index is 4.98. The molecule has 3 aromatic heterocycles. The van der Waals surface area contributed by atoms with Crippen molar-refractivity contribution in [2.24, 2.45) is 0 Å². The zero-order valence-electron chi connectivity index (χ0n) is 36.8. The van der Waals surface area contributed by atoms with Crippen molar-refractivity contribution in [3.05, 3.63) is 237 Å². The molecule has 0 unspecified atom stereocenters. The van der Waals surface area contributed by atoms with E-state index in [0.29, 0.717) is 17.5 Å². The summed E-state index contributed by atoms with van der Waals surface area (Å²) in [6.45, 7) is 0. The highest BCUT2D eigenvalue weighted by Crippen LogP contribution is 2.41. The fraction of sp³-hybridized carbons (Fsp3) is 0. The van der Waals surface area contributed by atoms with E-state index < -0.39 is 0 Å². The van der Waals surface area contributed by atoms with Gasteiger partial charge in [0, 0.05) is 49.6 Å². The largest absolute Gasteiger partial charge is 0.309 e. The van der Waals surface area contributed by atoms with Gasteiger partial charge < -0.3 is 9.13 Å². The van der Waals surface area contributed by atoms with Gasteiger partial charge in [-0.25, -0.2) is 15.0 Å². The quantitative estimate of drug-likeness (QED) is 0.156. The second kappa shape index (κ2) is 15.2. The number of fused-ring (bicyclic) bond motifs is 12. The SMILES string of the molecule is c1ccc(-c2nc(-c3ccccc3)nc(-c3ccc(-n4c5ccccc5c5cc(-c6ccc7c(c6)c6ccccc6n7-c6ccc7c8ccccc8c8ccccc8c7c6)ccc54)cc3)n2)cc1. The molecule has 5 nitrogen and oxygen atoms in total. The number of para-hydroxylation sites is 2. The predicted molar refractivity (Wildman–Crippen MR) is 283 cm³/mol. The minimum Gasteiger partial charge on any atom is -0.309 e. The summed E-state index contributed by atoms with van der Waals surface area (Å²) in [4.78, 5) is 14.9. The van der Waals surface area contributed by atoms with Crippen molar-refractivity contribution >= 4 is 75.9 Å². The van der Waals surface area contributed by atoms with E-state index in [1.165, 1.54) is 76.0 Å². The first kappa shape index (κ1) is 38.1. The Hall–Kier alpha value is -9.19. The molecule has 0 saturated heterocycles. The molecular weight excluding hydrogens is 827 g/mol. The maximum Gasteiger partial charge on any atom is 0.164 e. The van der Waals surface area contributed by atoms with E-state index in [0.717, 1.165) is 39.1 Å². The molecule has 0 radical (unpaired) electrons. The maximum absolute atomic E-state index is 4.98. The van der Waals surface area contributed by atoms with Crippen molar-refractivity contribution < 1.29 is 0 Å². The molecule has 5 heteroatoms. The molecule has 3 heterocycles. The minimum absolute atomic E-state index is 0.635. The normalized spacial score (nSPS) is 11.8. The van der Waals surface area contributed by atoms with Crippen molar-refractivity contribution in [2.75, 3.05) is 0 Å². The second-order valence-electron chi connectivity index (χ2n) is 17.6. The summed E-state index contributed by atoms with van der Waals surface area (Å²) in [6, 6.07) is 84.8. The lowest BCUT2D eigenvalue weighted by Crippen LogP contribution is -2.00. The number of benzene rings is 11. The molecule has 0 amide bonds. The average molecular weight is 866 g/mol. The lowest BCUT2D eigenvalue weighted by atomic mass is 9.94. The van der Waals surface area contributed by atoms with Crippen molar-refractivity contribution in [1.29, 1.82) is 0 Å². The number of rotatable bonds is 6. The standard InChI is InChI=1S/C63H39N5/c1-3-15-40(16-4-1)61-64-62(41-17-5-2-6-18-41)66-63(65-61)42-27-31-45(32-28-42)67-57-25-13-11-23-52(57)55-37-43(29-35-59(55)67)44-30-36-60-56(38-44)53-24-12-14-26-58(53)68(60)46-33-34-51-49-21-8-7-19-47(49)48-20-9-10-22-50(48)54(51)39-46/h1-39H. The van der Waals surface area contributed by atoms with Gasteiger partial charge in [0.2, 0.25) is 0 Å². The molecule has 0 aliphatic rings. The fourth-order valence-corrected chi connectivity index (χ4v) is 10.6. The van der Waals surface area contributed by atoms with Crippen LogP contribution in [0, 0.1) is 0 Å². The van der Waals surface area contributed by atoms with Crippen LogP contribution in [-0.2, 0) is 0 Å². The Kier molecular flexibility index (Phi) is 8.52. The topological polar surface area (TPSA) is 48.5 Å². The highest BCUT2D eigenvalue weighted by Gasteiger charge is 2.19. The molecule has 14 aromatic rings. The first-order chi connectivity index (χ1) is 33.7. The Bertz CT molecular complexity index is 4210. The summed E-state index contributed by atoms with van der Waals surface area (Å²) < 4.78 is 4.80. The van der Waals surface area contributed by atoms with Gasteiger partial charge in [0.1, 0.15) is 0 Å². The third-order valence-corrected chi connectivity index (χ3v) is 13.7. The second-order valence-corrected chi connectivity index (χ2v) is 17.6. The van der Waals surface area contributed by atoms with Crippen molar-refractivity contribution in [2.45, 2.75) is 0 Å². The average Bonchev–Trinajstić information content (AvgIpc) is 3.93. The van der Waals surface area contributed by atoms with Gasteiger partial charge in [0.15, 0.2) is 17.5 Å². The molecule has 14 rings (SSSR count).